The molecular formula is C16H14Cl2N2. The summed E-state index contributed by atoms with van der Waals surface area (Å²) in [6.45, 7) is 2.70. The third-order valence-electron chi connectivity index (χ3n) is 3.09. The Kier molecular flexibility index (Phi) is 4.89. The largest absolute Gasteiger partial charge is 0.385 e. The standard InChI is InChI=1S/C16H14Cl2N2/c1-11-8-15(5-3-13(11)10-19)20-7-6-12-2-4-14(17)9-16(12)18/h2-5,8-9,20H,6-7H2,1H3. The van der Waals surface area contributed by atoms with E-state index in [0.29, 0.717) is 15.6 Å². The lowest BCUT2D eigenvalue weighted by Gasteiger charge is -2.09. The number of halogens is 2. The Morgan fingerprint density at radius 2 is 1.95 bits per heavy atom. The predicted molar refractivity (Wildman–Crippen MR) is 84.5 cm³/mol. The van der Waals surface area contributed by atoms with E-state index < -0.39 is 0 Å². The van der Waals surface area contributed by atoms with E-state index in [2.05, 4.69) is 11.4 Å². The quantitative estimate of drug-likeness (QED) is 0.878. The molecule has 0 amide bonds. The molecule has 4 heteroatoms. The Morgan fingerprint density at radius 1 is 1.15 bits per heavy atom. The maximum absolute atomic E-state index is 8.89. The van der Waals surface area contributed by atoms with Gasteiger partial charge in [0.25, 0.3) is 0 Å². The van der Waals surface area contributed by atoms with E-state index in [0.717, 1.165) is 29.8 Å². The summed E-state index contributed by atoms with van der Waals surface area (Å²) in [7, 11) is 0. The number of nitrogens with one attached hydrogen (secondary N) is 1. The molecule has 0 atom stereocenters. The van der Waals surface area contributed by atoms with Crippen molar-refractivity contribution in [3.63, 3.8) is 0 Å². The molecule has 0 saturated heterocycles. The zero-order valence-corrected chi connectivity index (χ0v) is 12.6. The molecule has 0 saturated carbocycles. The number of hydrogen-bond acceptors (Lipinski definition) is 2. The normalized spacial score (nSPS) is 10.1. The smallest absolute Gasteiger partial charge is 0.0994 e. The Labute approximate surface area is 128 Å². The van der Waals surface area contributed by atoms with Crippen LogP contribution in [0.15, 0.2) is 36.4 Å². The van der Waals surface area contributed by atoms with Gasteiger partial charge in [0.15, 0.2) is 0 Å². The molecule has 0 aromatic heterocycles. The second-order valence-corrected chi connectivity index (χ2v) is 5.40. The van der Waals surface area contributed by atoms with Crippen LogP contribution in [0.25, 0.3) is 0 Å². The minimum Gasteiger partial charge on any atom is -0.385 e. The van der Waals surface area contributed by atoms with Crippen LogP contribution >= 0.6 is 23.2 Å². The molecule has 2 nitrogen and oxygen atoms in total. The van der Waals surface area contributed by atoms with Gasteiger partial charge in [-0.15, -0.1) is 0 Å². The van der Waals surface area contributed by atoms with Crippen LogP contribution in [0.1, 0.15) is 16.7 Å². The molecule has 2 rings (SSSR count). The molecule has 102 valence electrons. The number of hydrogen-bond donors (Lipinski definition) is 1. The number of anilines is 1. The number of aryl methyl sites for hydroxylation is 1. The highest BCUT2D eigenvalue weighted by molar-refractivity contribution is 6.35. The Bertz CT molecular complexity index is 660. The number of benzene rings is 2. The Hall–Kier alpha value is -1.69. The summed E-state index contributed by atoms with van der Waals surface area (Å²) in [6.07, 6.45) is 0.815. The topological polar surface area (TPSA) is 35.8 Å². The molecule has 0 spiro atoms. The molecule has 20 heavy (non-hydrogen) atoms. The first kappa shape index (κ1) is 14.7. The lowest BCUT2D eigenvalue weighted by atomic mass is 10.1. The highest BCUT2D eigenvalue weighted by atomic mass is 35.5. The van der Waals surface area contributed by atoms with Gasteiger partial charge in [-0.05, 0) is 54.8 Å². The lowest BCUT2D eigenvalue weighted by Crippen LogP contribution is -2.05. The summed E-state index contributed by atoms with van der Waals surface area (Å²) in [5.41, 5.74) is 3.75. The molecule has 0 unspecified atom stereocenters. The molecule has 0 heterocycles. The van der Waals surface area contributed by atoms with Gasteiger partial charge < -0.3 is 5.32 Å². The van der Waals surface area contributed by atoms with Gasteiger partial charge in [-0.1, -0.05) is 29.3 Å². The van der Waals surface area contributed by atoms with Gasteiger partial charge in [0.05, 0.1) is 11.6 Å². The lowest BCUT2D eigenvalue weighted by molar-refractivity contribution is 1.02. The van der Waals surface area contributed by atoms with E-state index in [9.17, 15) is 0 Å². The third-order valence-corrected chi connectivity index (χ3v) is 3.67. The van der Waals surface area contributed by atoms with Crippen molar-refractivity contribution in [1.29, 1.82) is 5.26 Å². The van der Waals surface area contributed by atoms with Crippen LogP contribution in [-0.4, -0.2) is 6.54 Å². The summed E-state index contributed by atoms with van der Waals surface area (Å²) in [6, 6.07) is 13.4. The van der Waals surface area contributed by atoms with Gasteiger partial charge in [-0.2, -0.15) is 5.26 Å². The molecule has 0 aliphatic carbocycles. The van der Waals surface area contributed by atoms with E-state index in [1.165, 1.54) is 0 Å². The van der Waals surface area contributed by atoms with E-state index in [1.54, 1.807) is 6.07 Å². The Balaban J connectivity index is 1.96. The summed E-state index contributed by atoms with van der Waals surface area (Å²) < 4.78 is 0. The third kappa shape index (κ3) is 3.66. The van der Waals surface area contributed by atoms with Crippen LogP contribution < -0.4 is 5.32 Å². The molecule has 0 radical (unpaired) electrons. The monoisotopic (exact) mass is 304 g/mol. The summed E-state index contributed by atoms with van der Waals surface area (Å²) in [4.78, 5) is 0. The van der Waals surface area contributed by atoms with E-state index >= 15 is 0 Å². The fourth-order valence-electron chi connectivity index (χ4n) is 1.97. The second kappa shape index (κ2) is 6.65. The van der Waals surface area contributed by atoms with Crippen molar-refractivity contribution in [2.24, 2.45) is 0 Å². The zero-order chi connectivity index (χ0) is 14.5. The van der Waals surface area contributed by atoms with Crippen molar-refractivity contribution in [3.05, 3.63) is 63.1 Å². The van der Waals surface area contributed by atoms with Crippen LogP contribution in [0.5, 0.6) is 0 Å². The van der Waals surface area contributed by atoms with E-state index in [4.69, 9.17) is 28.5 Å². The number of nitrogens with zero attached hydrogens (tertiary/aromatic N) is 1. The van der Waals surface area contributed by atoms with Gasteiger partial charge in [-0.3, -0.25) is 0 Å². The predicted octanol–water partition coefficient (Wildman–Crippen LogP) is 4.83. The number of nitriles is 1. The van der Waals surface area contributed by atoms with E-state index in [-0.39, 0.29) is 0 Å². The molecule has 2 aromatic carbocycles. The Morgan fingerprint density at radius 3 is 2.60 bits per heavy atom. The van der Waals surface area contributed by atoms with Crippen molar-refractivity contribution in [3.8, 4) is 6.07 Å². The average Bonchev–Trinajstić information content (AvgIpc) is 2.41. The first-order valence-electron chi connectivity index (χ1n) is 6.28. The highest BCUT2D eigenvalue weighted by Crippen LogP contribution is 2.21. The second-order valence-electron chi connectivity index (χ2n) is 4.55. The molecular weight excluding hydrogens is 291 g/mol. The summed E-state index contributed by atoms with van der Waals surface area (Å²) >= 11 is 12.0. The molecule has 1 N–H and O–H groups in total. The maximum atomic E-state index is 8.89. The molecule has 0 aliphatic heterocycles. The first-order chi connectivity index (χ1) is 9.60. The van der Waals surface area contributed by atoms with Crippen LogP contribution in [0.2, 0.25) is 10.0 Å². The van der Waals surface area contributed by atoms with Crippen LogP contribution in [-0.2, 0) is 6.42 Å². The van der Waals surface area contributed by atoms with Crippen molar-refractivity contribution >= 4 is 28.9 Å². The average molecular weight is 305 g/mol. The van der Waals surface area contributed by atoms with Crippen LogP contribution in [0.3, 0.4) is 0 Å². The van der Waals surface area contributed by atoms with Crippen molar-refractivity contribution < 1.29 is 0 Å². The highest BCUT2D eigenvalue weighted by Gasteiger charge is 2.02. The minimum absolute atomic E-state index is 0.648. The van der Waals surface area contributed by atoms with Gasteiger partial charge in [-0.25, -0.2) is 0 Å². The van der Waals surface area contributed by atoms with Crippen LogP contribution in [0, 0.1) is 18.3 Å². The van der Waals surface area contributed by atoms with Gasteiger partial charge in [0.2, 0.25) is 0 Å². The first-order valence-corrected chi connectivity index (χ1v) is 7.04. The van der Waals surface area contributed by atoms with E-state index in [1.807, 2.05) is 37.3 Å². The van der Waals surface area contributed by atoms with Crippen molar-refractivity contribution in [2.75, 3.05) is 11.9 Å². The van der Waals surface area contributed by atoms with Gasteiger partial charge in [0.1, 0.15) is 0 Å². The molecule has 0 aliphatic rings. The number of rotatable bonds is 4. The summed E-state index contributed by atoms with van der Waals surface area (Å²) in [5.74, 6) is 0. The SMILES string of the molecule is Cc1cc(NCCc2ccc(Cl)cc2Cl)ccc1C#N. The molecule has 0 bridgehead atoms. The van der Waals surface area contributed by atoms with Gasteiger partial charge >= 0.3 is 0 Å². The fraction of sp³-hybridized carbons (Fsp3) is 0.188. The summed E-state index contributed by atoms with van der Waals surface area (Å²) in [5, 5.41) is 13.6. The fourth-order valence-corrected chi connectivity index (χ4v) is 2.47. The van der Waals surface area contributed by atoms with Gasteiger partial charge in [0, 0.05) is 22.3 Å². The molecule has 0 fully saturated rings. The minimum atomic E-state index is 0.648. The maximum Gasteiger partial charge on any atom is 0.0994 e. The van der Waals surface area contributed by atoms with Crippen molar-refractivity contribution in [1.82, 2.24) is 0 Å². The zero-order valence-electron chi connectivity index (χ0n) is 11.1. The molecule has 2 aromatic rings. The van der Waals surface area contributed by atoms with Crippen molar-refractivity contribution in [2.45, 2.75) is 13.3 Å². The van der Waals surface area contributed by atoms with Crippen LogP contribution in [0.4, 0.5) is 5.69 Å².